The Labute approximate surface area is 89.7 Å². The standard InChI is InChI=1S/C8H17NO3S2/c1-7(5-10)14(11,12)9(2)8-3-4-13-6-8/h7-8,10H,3-6H2,1-2H3. The number of rotatable bonds is 4. The van der Waals surface area contributed by atoms with E-state index in [1.165, 1.54) is 11.2 Å². The van der Waals surface area contributed by atoms with Gasteiger partial charge in [0, 0.05) is 18.8 Å². The maximum atomic E-state index is 11.8. The number of hydrogen-bond acceptors (Lipinski definition) is 4. The fraction of sp³-hybridized carbons (Fsp3) is 1.00. The zero-order valence-corrected chi connectivity index (χ0v) is 10.1. The molecular formula is C8H17NO3S2. The topological polar surface area (TPSA) is 57.6 Å². The van der Waals surface area contributed by atoms with Crippen molar-refractivity contribution in [1.82, 2.24) is 4.31 Å². The molecule has 1 N–H and O–H groups in total. The highest BCUT2D eigenvalue weighted by Crippen LogP contribution is 2.24. The summed E-state index contributed by atoms with van der Waals surface area (Å²) in [7, 11) is -1.69. The molecule has 0 saturated carbocycles. The average molecular weight is 239 g/mol. The van der Waals surface area contributed by atoms with Crippen molar-refractivity contribution in [3.8, 4) is 0 Å². The molecule has 0 radical (unpaired) electrons. The molecule has 2 atom stereocenters. The molecule has 1 aliphatic heterocycles. The summed E-state index contributed by atoms with van der Waals surface area (Å²) in [4.78, 5) is 0. The van der Waals surface area contributed by atoms with Crippen LogP contribution in [0.25, 0.3) is 0 Å². The Morgan fingerprint density at radius 2 is 2.29 bits per heavy atom. The van der Waals surface area contributed by atoms with Crippen molar-refractivity contribution >= 4 is 21.8 Å². The van der Waals surface area contributed by atoms with Crippen LogP contribution in [-0.4, -0.2) is 54.3 Å². The minimum absolute atomic E-state index is 0.110. The van der Waals surface area contributed by atoms with E-state index in [0.29, 0.717) is 0 Å². The highest BCUT2D eigenvalue weighted by Gasteiger charge is 2.32. The summed E-state index contributed by atoms with van der Waals surface area (Å²) in [5.74, 6) is 1.89. The lowest BCUT2D eigenvalue weighted by atomic mass is 10.3. The maximum absolute atomic E-state index is 11.8. The third kappa shape index (κ3) is 2.42. The summed E-state index contributed by atoms with van der Waals surface area (Å²) in [5, 5.41) is 8.15. The maximum Gasteiger partial charge on any atom is 0.219 e. The van der Waals surface area contributed by atoms with Crippen LogP contribution in [-0.2, 0) is 10.0 Å². The largest absolute Gasteiger partial charge is 0.395 e. The molecule has 0 spiro atoms. The Kier molecular flexibility index (Phi) is 4.24. The second kappa shape index (κ2) is 4.83. The molecular weight excluding hydrogens is 222 g/mol. The van der Waals surface area contributed by atoms with Gasteiger partial charge in [0.2, 0.25) is 10.0 Å². The molecule has 0 bridgehead atoms. The summed E-state index contributed by atoms with van der Waals surface area (Å²) in [5.41, 5.74) is 0. The third-order valence-electron chi connectivity index (χ3n) is 2.59. The van der Waals surface area contributed by atoms with Crippen LogP contribution < -0.4 is 0 Å². The lowest BCUT2D eigenvalue weighted by molar-refractivity contribution is 0.287. The van der Waals surface area contributed by atoms with Crippen LogP contribution in [0.4, 0.5) is 0 Å². The minimum atomic E-state index is -3.30. The number of aliphatic hydroxyl groups is 1. The van der Waals surface area contributed by atoms with Crippen LogP contribution >= 0.6 is 11.8 Å². The van der Waals surface area contributed by atoms with Gasteiger partial charge in [0.25, 0.3) is 0 Å². The van der Waals surface area contributed by atoms with Gasteiger partial charge in [0.05, 0.1) is 11.9 Å². The Hall–Kier alpha value is 0.220. The van der Waals surface area contributed by atoms with Gasteiger partial charge in [-0.1, -0.05) is 0 Å². The van der Waals surface area contributed by atoms with Gasteiger partial charge in [0.15, 0.2) is 0 Å². The molecule has 0 aliphatic carbocycles. The van der Waals surface area contributed by atoms with E-state index in [0.717, 1.165) is 17.9 Å². The SMILES string of the molecule is CC(CO)S(=O)(=O)N(C)C1CCSC1. The van der Waals surface area contributed by atoms with Crippen molar-refractivity contribution in [3.63, 3.8) is 0 Å². The highest BCUT2D eigenvalue weighted by molar-refractivity contribution is 7.99. The molecule has 2 unspecified atom stereocenters. The monoisotopic (exact) mass is 239 g/mol. The normalized spacial score (nSPS) is 25.6. The van der Waals surface area contributed by atoms with Gasteiger partial charge in [-0.3, -0.25) is 0 Å². The molecule has 1 aliphatic rings. The molecule has 84 valence electrons. The predicted molar refractivity (Wildman–Crippen MR) is 59.0 cm³/mol. The molecule has 14 heavy (non-hydrogen) atoms. The Balaban J connectivity index is 2.71. The van der Waals surface area contributed by atoms with Crippen molar-refractivity contribution in [3.05, 3.63) is 0 Å². The van der Waals surface area contributed by atoms with Crippen molar-refractivity contribution in [2.45, 2.75) is 24.6 Å². The molecule has 0 amide bonds. The van der Waals surface area contributed by atoms with E-state index in [4.69, 9.17) is 5.11 Å². The fourth-order valence-electron chi connectivity index (χ4n) is 1.39. The summed E-state index contributed by atoms with van der Waals surface area (Å²) >= 11 is 1.78. The number of nitrogens with zero attached hydrogens (tertiary/aromatic N) is 1. The highest BCUT2D eigenvalue weighted by atomic mass is 32.2. The summed E-state index contributed by atoms with van der Waals surface area (Å²) in [6, 6.07) is 0.110. The summed E-state index contributed by atoms with van der Waals surface area (Å²) in [6.45, 7) is 1.22. The van der Waals surface area contributed by atoms with E-state index >= 15 is 0 Å². The second-order valence-electron chi connectivity index (χ2n) is 3.57. The van der Waals surface area contributed by atoms with E-state index < -0.39 is 15.3 Å². The van der Waals surface area contributed by atoms with Gasteiger partial charge >= 0.3 is 0 Å². The first kappa shape index (κ1) is 12.3. The Morgan fingerprint density at radius 3 is 2.71 bits per heavy atom. The van der Waals surface area contributed by atoms with Gasteiger partial charge in [0.1, 0.15) is 0 Å². The molecule has 0 aromatic rings. The van der Waals surface area contributed by atoms with E-state index in [2.05, 4.69) is 0 Å². The van der Waals surface area contributed by atoms with E-state index in [9.17, 15) is 8.42 Å². The fourth-order valence-corrected chi connectivity index (χ4v) is 4.11. The van der Waals surface area contributed by atoms with Crippen LogP contribution in [0.3, 0.4) is 0 Å². The zero-order chi connectivity index (χ0) is 10.8. The Bertz CT molecular complexity index is 272. The van der Waals surface area contributed by atoms with Crippen LogP contribution in [0.15, 0.2) is 0 Å². The number of hydrogen-bond donors (Lipinski definition) is 1. The average Bonchev–Trinajstić information content (AvgIpc) is 2.67. The summed E-state index contributed by atoms with van der Waals surface area (Å²) < 4.78 is 25.0. The van der Waals surface area contributed by atoms with Crippen molar-refractivity contribution < 1.29 is 13.5 Å². The Morgan fingerprint density at radius 1 is 1.64 bits per heavy atom. The zero-order valence-electron chi connectivity index (χ0n) is 8.51. The number of sulfonamides is 1. The van der Waals surface area contributed by atoms with Crippen molar-refractivity contribution in [2.24, 2.45) is 0 Å². The van der Waals surface area contributed by atoms with E-state index in [-0.39, 0.29) is 12.6 Å². The van der Waals surface area contributed by atoms with Gasteiger partial charge < -0.3 is 5.11 Å². The molecule has 1 heterocycles. The lowest BCUT2D eigenvalue weighted by Crippen LogP contribution is -2.42. The molecule has 0 aromatic carbocycles. The first-order chi connectivity index (χ1) is 6.50. The van der Waals surface area contributed by atoms with Gasteiger partial charge in [-0.2, -0.15) is 11.8 Å². The predicted octanol–water partition coefficient (Wildman–Crippen LogP) is 0.134. The van der Waals surface area contributed by atoms with E-state index in [1.54, 1.807) is 18.8 Å². The number of aliphatic hydroxyl groups excluding tert-OH is 1. The van der Waals surface area contributed by atoms with Crippen LogP contribution in [0.1, 0.15) is 13.3 Å². The molecule has 1 rings (SSSR count). The molecule has 1 saturated heterocycles. The quantitative estimate of drug-likeness (QED) is 0.758. The second-order valence-corrected chi connectivity index (χ2v) is 7.13. The van der Waals surface area contributed by atoms with Gasteiger partial charge in [-0.15, -0.1) is 0 Å². The summed E-state index contributed by atoms with van der Waals surface area (Å²) in [6.07, 6.45) is 0.915. The molecule has 0 aromatic heterocycles. The first-order valence-corrected chi connectivity index (χ1v) is 7.31. The van der Waals surface area contributed by atoms with Crippen LogP contribution in [0.5, 0.6) is 0 Å². The smallest absolute Gasteiger partial charge is 0.219 e. The molecule has 6 heteroatoms. The lowest BCUT2D eigenvalue weighted by Gasteiger charge is -2.25. The first-order valence-electron chi connectivity index (χ1n) is 4.65. The van der Waals surface area contributed by atoms with Crippen LogP contribution in [0, 0.1) is 0 Å². The minimum Gasteiger partial charge on any atom is -0.395 e. The van der Waals surface area contributed by atoms with Crippen molar-refractivity contribution in [2.75, 3.05) is 25.2 Å². The van der Waals surface area contributed by atoms with Gasteiger partial charge in [-0.05, 0) is 19.1 Å². The van der Waals surface area contributed by atoms with Gasteiger partial charge in [-0.25, -0.2) is 12.7 Å². The molecule has 4 nitrogen and oxygen atoms in total. The number of thioether (sulfide) groups is 1. The van der Waals surface area contributed by atoms with E-state index in [1.807, 2.05) is 0 Å². The molecule has 1 fully saturated rings. The third-order valence-corrected chi connectivity index (χ3v) is 6.00. The van der Waals surface area contributed by atoms with Crippen molar-refractivity contribution in [1.29, 1.82) is 0 Å². The van der Waals surface area contributed by atoms with Crippen LogP contribution in [0.2, 0.25) is 0 Å².